The van der Waals surface area contributed by atoms with Gasteiger partial charge in [0.2, 0.25) is 5.91 Å². The van der Waals surface area contributed by atoms with Crippen LogP contribution in [0.25, 0.3) is 0 Å². The number of rotatable bonds is 2. The topological polar surface area (TPSA) is 44.1 Å². The van der Waals surface area contributed by atoms with Crippen LogP contribution in [0.2, 0.25) is 0 Å². The van der Waals surface area contributed by atoms with Gasteiger partial charge in [0.25, 0.3) is 0 Å². The molecule has 0 saturated heterocycles. The molecule has 1 aliphatic carbocycles. The van der Waals surface area contributed by atoms with Crippen molar-refractivity contribution in [2.24, 2.45) is 5.92 Å². The minimum atomic E-state index is 0.124. The molecule has 1 aromatic carbocycles. The molecule has 3 nitrogen and oxygen atoms in total. The molecule has 0 unspecified atom stereocenters. The third-order valence-electron chi connectivity index (χ3n) is 3.92. The van der Waals surface area contributed by atoms with Crippen molar-refractivity contribution >= 4 is 11.6 Å². The van der Waals surface area contributed by atoms with Gasteiger partial charge in [-0.15, -0.1) is 0 Å². The monoisotopic (exact) mass is 256 g/mol. The zero-order chi connectivity index (χ0) is 13.7. The second kappa shape index (κ2) is 6.38. The number of carbonyl (C=O) groups is 1. The molecule has 100 valence electrons. The van der Waals surface area contributed by atoms with Gasteiger partial charge in [0.05, 0.1) is 11.3 Å². The molecule has 0 aromatic heterocycles. The molecular weight excluding hydrogens is 236 g/mol. The molecule has 2 rings (SSSR count). The van der Waals surface area contributed by atoms with Crippen LogP contribution >= 0.6 is 0 Å². The van der Waals surface area contributed by atoms with Gasteiger partial charge in [0.1, 0.15) is 6.07 Å². The van der Waals surface area contributed by atoms with E-state index in [4.69, 9.17) is 5.26 Å². The number of amides is 1. The summed E-state index contributed by atoms with van der Waals surface area (Å²) in [4.78, 5) is 14.2. The Bertz CT molecular complexity index is 482. The van der Waals surface area contributed by atoms with Crippen LogP contribution in [-0.2, 0) is 4.79 Å². The maximum Gasteiger partial charge on any atom is 0.229 e. The van der Waals surface area contributed by atoms with Crippen LogP contribution in [0.4, 0.5) is 5.69 Å². The standard InChI is InChI=1S/C16H20N2O/c1-18(15-11-7-6-10-14(15)12-17)16(19)13-8-4-2-3-5-9-13/h6-7,10-11,13H,2-5,8-9H2,1H3. The maximum absolute atomic E-state index is 12.5. The lowest BCUT2D eigenvalue weighted by Crippen LogP contribution is -2.33. The van der Waals surface area contributed by atoms with Gasteiger partial charge in [-0.3, -0.25) is 4.79 Å². The van der Waals surface area contributed by atoms with Crippen LogP contribution in [0.5, 0.6) is 0 Å². The Morgan fingerprint density at radius 1 is 1.21 bits per heavy atom. The van der Waals surface area contributed by atoms with Crippen molar-refractivity contribution in [3.8, 4) is 6.07 Å². The van der Waals surface area contributed by atoms with E-state index in [1.165, 1.54) is 12.8 Å². The highest BCUT2D eigenvalue weighted by atomic mass is 16.2. The SMILES string of the molecule is CN(C(=O)C1CCCCCC1)c1ccccc1C#N. The molecule has 19 heavy (non-hydrogen) atoms. The number of nitrogens with zero attached hydrogens (tertiary/aromatic N) is 2. The number of anilines is 1. The van der Waals surface area contributed by atoms with Crippen LogP contribution in [0.3, 0.4) is 0 Å². The first-order valence-electron chi connectivity index (χ1n) is 7.00. The maximum atomic E-state index is 12.5. The first-order valence-corrected chi connectivity index (χ1v) is 7.00. The second-order valence-electron chi connectivity index (χ2n) is 5.21. The van der Waals surface area contributed by atoms with Crippen molar-refractivity contribution in [1.29, 1.82) is 5.26 Å². The molecule has 0 atom stereocenters. The van der Waals surface area contributed by atoms with E-state index >= 15 is 0 Å². The van der Waals surface area contributed by atoms with Gasteiger partial charge in [-0.2, -0.15) is 5.26 Å². The molecule has 0 spiro atoms. The lowest BCUT2D eigenvalue weighted by Gasteiger charge is -2.23. The van der Waals surface area contributed by atoms with Gasteiger partial charge in [0.15, 0.2) is 0 Å². The average molecular weight is 256 g/mol. The summed E-state index contributed by atoms with van der Waals surface area (Å²) in [6.07, 6.45) is 6.73. The number of hydrogen-bond acceptors (Lipinski definition) is 2. The van der Waals surface area contributed by atoms with E-state index in [-0.39, 0.29) is 11.8 Å². The summed E-state index contributed by atoms with van der Waals surface area (Å²) in [7, 11) is 1.78. The fourth-order valence-corrected chi connectivity index (χ4v) is 2.78. The van der Waals surface area contributed by atoms with E-state index in [9.17, 15) is 4.79 Å². The summed E-state index contributed by atoms with van der Waals surface area (Å²) < 4.78 is 0. The zero-order valence-electron chi connectivity index (χ0n) is 11.4. The molecule has 0 radical (unpaired) electrons. The fourth-order valence-electron chi connectivity index (χ4n) is 2.78. The van der Waals surface area contributed by atoms with Gasteiger partial charge in [-0.05, 0) is 25.0 Å². The Morgan fingerprint density at radius 2 is 1.84 bits per heavy atom. The Labute approximate surface area is 114 Å². The van der Waals surface area contributed by atoms with Gasteiger partial charge >= 0.3 is 0 Å². The third-order valence-corrected chi connectivity index (χ3v) is 3.92. The van der Waals surface area contributed by atoms with Crippen LogP contribution in [0.1, 0.15) is 44.1 Å². The minimum absolute atomic E-state index is 0.124. The molecule has 1 aliphatic rings. The third kappa shape index (κ3) is 3.14. The molecule has 1 fully saturated rings. The number of hydrogen-bond donors (Lipinski definition) is 0. The highest BCUT2D eigenvalue weighted by Crippen LogP contribution is 2.27. The number of benzene rings is 1. The summed E-state index contributed by atoms with van der Waals surface area (Å²) in [6.45, 7) is 0. The molecule has 0 bridgehead atoms. The summed E-state index contributed by atoms with van der Waals surface area (Å²) in [6, 6.07) is 9.44. The van der Waals surface area contributed by atoms with E-state index in [1.807, 2.05) is 18.2 Å². The zero-order valence-corrected chi connectivity index (χ0v) is 11.4. The van der Waals surface area contributed by atoms with Crippen molar-refractivity contribution in [3.63, 3.8) is 0 Å². The van der Waals surface area contributed by atoms with Gasteiger partial charge in [0, 0.05) is 13.0 Å². The second-order valence-corrected chi connectivity index (χ2v) is 5.21. The van der Waals surface area contributed by atoms with E-state index in [2.05, 4.69) is 6.07 Å². The molecule has 1 aromatic rings. The van der Waals surface area contributed by atoms with Crippen molar-refractivity contribution in [2.75, 3.05) is 11.9 Å². The van der Waals surface area contributed by atoms with Gasteiger partial charge < -0.3 is 4.90 Å². The Kier molecular flexibility index (Phi) is 4.57. The number of nitriles is 1. The van der Waals surface area contributed by atoms with E-state index < -0.39 is 0 Å². The molecule has 3 heteroatoms. The molecular formula is C16H20N2O. The molecule has 0 heterocycles. The largest absolute Gasteiger partial charge is 0.314 e. The average Bonchev–Trinajstić information content (AvgIpc) is 2.74. The first-order chi connectivity index (χ1) is 9.24. The quantitative estimate of drug-likeness (QED) is 0.760. The first kappa shape index (κ1) is 13.6. The van der Waals surface area contributed by atoms with E-state index in [1.54, 1.807) is 18.0 Å². The Balaban J connectivity index is 2.16. The highest BCUT2D eigenvalue weighted by Gasteiger charge is 2.24. The van der Waals surface area contributed by atoms with Crippen LogP contribution in [-0.4, -0.2) is 13.0 Å². The van der Waals surface area contributed by atoms with Crippen molar-refractivity contribution < 1.29 is 4.79 Å². The molecule has 0 aliphatic heterocycles. The molecule has 0 N–H and O–H groups in total. The van der Waals surface area contributed by atoms with Gasteiger partial charge in [-0.25, -0.2) is 0 Å². The minimum Gasteiger partial charge on any atom is -0.314 e. The summed E-state index contributed by atoms with van der Waals surface area (Å²) in [5.74, 6) is 0.281. The van der Waals surface area contributed by atoms with E-state index in [0.29, 0.717) is 5.56 Å². The Morgan fingerprint density at radius 3 is 2.47 bits per heavy atom. The normalized spacial score (nSPS) is 16.4. The van der Waals surface area contributed by atoms with Crippen molar-refractivity contribution in [3.05, 3.63) is 29.8 Å². The van der Waals surface area contributed by atoms with Crippen LogP contribution in [0.15, 0.2) is 24.3 Å². The lowest BCUT2D eigenvalue weighted by atomic mass is 9.98. The highest BCUT2D eigenvalue weighted by molar-refractivity contribution is 5.95. The van der Waals surface area contributed by atoms with E-state index in [0.717, 1.165) is 31.4 Å². The molecule has 1 amide bonds. The molecule has 1 saturated carbocycles. The smallest absolute Gasteiger partial charge is 0.229 e. The summed E-state index contributed by atoms with van der Waals surface area (Å²) in [5.41, 5.74) is 1.28. The number of para-hydroxylation sites is 1. The van der Waals surface area contributed by atoms with Crippen molar-refractivity contribution in [1.82, 2.24) is 0 Å². The van der Waals surface area contributed by atoms with Gasteiger partial charge in [-0.1, -0.05) is 37.8 Å². The summed E-state index contributed by atoms with van der Waals surface area (Å²) >= 11 is 0. The van der Waals surface area contributed by atoms with Crippen LogP contribution in [0, 0.1) is 17.2 Å². The Hall–Kier alpha value is -1.82. The van der Waals surface area contributed by atoms with Crippen LogP contribution < -0.4 is 4.90 Å². The lowest BCUT2D eigenvalue weighted by molar-refractivity contribution is -0.122. The van der Waals surface area contributed by atoms with Crippen molar-refractivity contribution in [2.45, 2.75) is 38.5 Å². The predicted molar refractivity (Wildman–Crippen MR) is 75.8 cm³/mol. The number of carbonyl (C=O) groups excluding carboxylic acids is 1. The fraction of sp³-hybridized carbons (Fsp3) is 0.500. The predicted octanol–water partition coefficient (Wildman–Crippen LogP) is 3.49. The summed E-state index contributed by atoms with van der Waals surface area (Å²) in [5, 5.41) is 9.12.